The number of rotatable bonds is 1. The van der Waals surface area contributed by atoms with Crippen LogP contribution in [0.25, 0.3) is 0 Å². The van der Waals surface area contributed by atoms with E-state index in [4.69, 9.17) is 0 Å². The molecule has 0 heterocycles. The van der Waals surface area contributed by atoms with Crippen LogP contribution in [0.5, 0.6) is 0 Å². The third-order valence-corrected chi connectivity index (χ3v) is 1.26. The molecule has 86 valence electrons. The molecule has 1 rings (SSSR count). The average Bonchev–Trinajstić information content (AvgIpc) is 2.35. The SMILES string of the molecule is CC.CC.CNC(=O)Nc1ccccc1. The monoisotopic (exact) mass is 210 g/mol. The Kier molecular flexibility index (Phi) is 13.3. The number of benzene rings is 1. The molecule has 0 aliphatic rings. The van der Waals surface area contributed by atoms with E-state index in [1.54, 1.807) is 7.05 Å². The molecule has 1 aromatic rings. The van der Waals surface area contributed by atoms with Crippen LogP contribution in [0.1, 0.15) is 27.7 Å². The summed E-state index contributed by atoms with van der Waals surface area (Å²) in [7, 11) is 1.58. The van der Waals surface area contributed by atoms with Gasteiger partial charge in [0.2, 0.25) is 0 Å². The Labute approximate surface area is 92.9 Å². The van der Waals surface area contributed by atoms with E-state index in [2.05, 4.69) is 10.6 Å². The molecule has 0 aromatic heterocycles. The van der Waals surface area contributed by atoms with Crippen molar-refractivity contribution < 1.29 is 4.79 Å². The molecule has 0 saturated carbocycles. The minimum Gasteiger partial charge on any atom is -0.341 e. The van der Waals surface area contributed by atoms with Crippen molar-refractivity contribution in [3.8, 4) is 0 Å². The molecule has 0 radical (unpaired) electrons. The minimum atomic E-state index is -0.198. The van der Waals surface area contributed by atoms with Gasteiger partial charge in [0, 0.05) is 12.7 Å². The van der Waals surface area contributed by atoms with Crippen LogP contribution in [0.4, 0.5) is 10.5 Å². The topological polar surface area (TPSA) is 41.1 Å². The molecule has 1 aromatic carbocycles. The summed E-state index contributed by atoms with van der Waals surface area (Å²) < 4.78 is 0. The van der Waals surface area contributed by atoms with Crippen LogP contribution in [0, 0.1) is 0 Å². The van der Waals surface area contributed by atoms with Crippen molar-refractivity contribution in [1.82, 2.24) is 5.32 Å². The van der Waals surface area contributed by atoms with Gasteiger partial charge in [0.15, 0.2) is 0 Å². The van der Waals surface area contributed by atoms with Gasteiger partial charge >= 0.3 is 6.03 Å². The number of amides is 2. The lowest BCUT2D eigenvalue weighted by Gasteiger charge is -2.01. The summed E-state index contributed by atoms with van der Waals surface area (Å²) in [5, 5.41) is 5.10. The van der Waals surface area contributed by atoms with Crippen LogP contribution in [0.2, 0.25) is 0 Å². The minimum absolute atomic E-state index is 0.198. The Morgan fingerprint density at radius 1 is 1.00 bits per heavy atom. The van der Waals surface area contributed by atoms with Crippen LogP contribution in [0.15, 0.2) is 30.3 Å². The maximum absolute atomic E-state index is 10.8. The zero-order valence-electron chi connectivity index (χ0n) is 10.3. The van der Waals surface area contributed by atoms with Crippen LogP contribution in [0.3, 0.4) is 0 Å². The smallest absolute Gasteiger partial charge is 0.318 e. The highest BCUT2D eigenvalue weighted by Gasteiger charge is 1.94. The third kappa shape index (κ3) is 8.81. The zero-order valence-corrected chi connectivity index (χ0v) is 10.3. The third-order valence-electron chi connectivity index (χ3n) is 1.26. The van der Waals surface area contributed by atoms with Crippen molar-refractivity contribution in [2.45, 2.75) is 27.7 Å². The summed E-state index contributed by atoms with van der Waals surface area (Å²) in [4.78, 5) is 10.8. The number of anilines is 1. The van der Waals surface area contributed by atoms with Gasteiger partial charge in [-0.1, -0.05) is 45.9 Å². The Morgan fingerprint density at radius 3 is 1.87 bits per heavy atom. The fourth-order valence-electron chi connectivity index (χ4n) is 0.715. The van der Waals surface area contributed by atoms with Crippen LogP contribution in [-0.2, 0) is 0 Å². The summed E-state index contributed by atoms with van der Waals surface area (Å²) in [6.45, 7) is 8.00. The molecule has 0 fully saturated rings. The number of nitrogens with one attached hydrogen (secondary N) is 2. The number of urea groups is 1. The average molecular weight is 210 g/mol. The highest BCUT2D eigenvalue weighted by atomic mass is 16.2. The first-order chi connectivity index (χ1) is 7.33. The number of hydrogen-bond donors (Lipinski definition) is 2. The van der Waals surface area contributed by atoms with Crippen molar-refractivity contribution in [2.75, 3.05) is 12.4 Å². The molecule has 0 aliphatic heterocycles. The van der Waals surface area contributed by atoms with E-state index in [1.165, 1.54) is 0 Å². The first-order valence-corrected chi connectivity index (χ1v) is 5.36. The Balaban J connectivity index is 0. The number of para-hydroxylation sites is 1. The molecular weight excluding hydrogens is 188 g/mol. The molecule has 0 spiro atoms. The molecule has 15 heavy (non-hydrogen) atoms. The largest absolute Gasteiger partial charge is 0.341 e. The van der Waals surface area contributed by atoms with Crippen molar-refractivity contribution in [3.05, 3.63) is 30.3 Å². The lowest BCUT2D eigenvalue weighted by molar-refractivity contribution is 0.254. The summed E-state index contributed by atoms with van der Waals surface area (Å²) in [6, 6.07) is 9.09. The predicted octanol–water partition coefficient (Wildman–Crippen LogP) is 3.49. The van der Waals surface area contributed by atoms with Gasteiger partial charge in [-0.3, -0.25) is 0 Å². The summed E-state index contributed by atoms with van der Waals surface area (Å²) >= 11 is 0. The number of hydrogen-bond acceptors (Lipinski definition) is 1. The molecule has 3 nitrogen and oxygen atoms in total. The van der Waals surface area contributed by atoms with E-state index in [0.717, 1.165) is 5.69 Å². The van der Waals surface area contributed by atoms with E-state index >= 15 is 0 Å². The molecule has 0 atom stereocenters. The standard InChI is InChI=1S/C8H10N2O.2C2H6/c1-9-8(11)10-7-5-3-2-4-6-7;2*1-2/h2-6H,1H3,(H2,9,10,11);2*1-2H3. The molecule has 2 amide bonds. The highest BCUT2D eigenvalue weighted by Crippen LogP contribution is 2.03. The van der Waals surface area contributed by atoms with E-state index in [9.17, 15) is 4.79 Å². The molecule has 2 N–H and O–H groups in total. The van der Waals surface area contributed by atoms with Crippen molar-refractivity contribution >= 4 is 11.7 Å². The molecule has 0 unspecified atom stereocenters. The fourth-order valence-corrected chi connectivity index (χ4v) is 0.715. The lowest BCUT2D eigenvalue weighted by atomic mass is 10.3. The summed E-state index contributed by atoms with van der Waals surface area (Å²) in [6.07, 6.45) is 0. The van der Waals surface area contributed by atoms with Gasteiger partial charge in [-0.05, 0) is 12.1 Å². The second-order valence-electron chi connectivity index (χ2n) is 2.07. The van der Waals surface area contributed by atoms with Crippen LogP contribution < -0.4 is 10.6 Å². The van der Waals surface area contributed by atoms with Crippen molar-refractivity contribution in [3.63, 3.8) is 0 Å². The molecular formula is C12H22N2O. The molecule has 3 heteroatoms. The molecule has 0 aliphatic carbocycles. The maximum atomic E-state index is 10.8. The zero-order chi connectivity index (χ0) is 12.1. The quantitative estimate of drug-likeness (QED) is 0.732. The van der Waals surface area contributed by atoms with Gasteiger partial charge in [0.25, 0.3) is 0 Å². The maximum Gasteiger partial charge on any atom is 0.318 e. The first kappa shape index (κ1) is 15.9. The van der Waals surface area contributed by atoms with Gasteiger partial charge < -0.3 is 10.6 Å². The second-order valence-corrected chi connectivity index (χ2v) is 2.07. The van der Waals surface area contributed by atoms with Gasteiger partial charge in [-0.15, -0.1) is 0 Å². The summed E-state index contributed by atoms with van der Waals surface area (Å²) in [5.74, 6) is 0. The Bertz CT molecular complexity index is 235. The fraction of sp³-hybridized carbons (Fsp3) is 0.417. The van der Waals surface area contributed by atoms with E-state index in [0.29, 0.717) is 0 Å². The van der Waals surface area contributed by atoms with Gasteiger partial charge in [-0.25, -0.2) is 4.79 Å². The first-order valence-electron chi connectivity index (χ1n) is 5.36. The lowest BCUT2D eigenvalue weighted by Crippen LogP contribution is -2.24. The molecule has 0 saturated heterocycles. The van der Waals surface area contributed by atoms with E-state index in [-0.39, 0.29) is 6.03 Å². The van der Waals surface area contributed by atoms with Crippen molar-refractivity contribution in [2.24, 2.45) is 0 Å². The van der Waals surface area contributed by atoms with Crippen molar-refractivity contribution in [1.29, 1.82) is 0 Å². The number of carbonyl (C=O) groups is 1. The van der Waals surface area contributed by atoms with E-state index in [1.807, 2.05) is 58.0 Å². The van der Waals surface area contributed by atoms with Crippen LogP contribution in [-0.4, -0.2) is 13.1 Å². The van der Waals surface area contributed by atoms with E-state index < -0.39 is 0 Å². The number of carbonyl (C=O) groups excluding carboxylic acids is 1. The summed E-state index contributed by atoms with van der Waals surface area (Å²) in [5.41, 5.74) is 0.798. The highest BCUT2D eigenvalue weighted by molar-refractivity contribution is 5.88. The van der Waals surface area contributed by atoms with Gasteiger partial charge in [0.05, 0.1) is 0 Å². The second kappa shape index (κ2) is 12.5. The predicted molar refractivity (Wildman–Crippen MR) is 67.2 cm³/mol. The Morgan fingerprint density at radius 2 is 1.47 bits per heavy atom. The Hall–Kier alpha value is -1.51. The van der Waals surface area contributed by atoms with Gasteiger partial charge in [0.1, 0.15) is 0 Å². The normalized spacial score (nSPS) is 7.27. The van der Waals surface area contributed by atoms with Crippen LogP contribution >= 0.6 is 0 Å². The molecule has 0 bridgehead atoms. The van der Waals surface area contributed by atoms with Gasteiger partial charge in [-0.2, -0.15) is 0 Å².